The van der Waals surface area contributed by atoms with Crippen LogP contribution in [0.5, 0.6) is 0 Å². The molecular formula is C21H32N2O3. The monoisotopic (exact) mass is 360 g/mol. The summed E-state index contributed by atoms with van der Waals surface area (Å²) in [5.74, 6) is 0.659. The Morgan fingerprint density at radius 3 is 3.00 bits per heavy atom. The summed E-state index contributed by atoms with van der Waals surface area (Å²) in [6.45, 7) is 8.26. The molecule has 0 unspecified atom stereocenters. The van der Waals surface area contributed by atoms with Gasteiger partial charge >= 0.3 is 0 Å². The van der Waals surface area contributed by atoms with E-state index in [-0.39, 0.29) is 11.3 Å². The van der Waals surface area contributed by atoms with E-state index in [1.165, 1.54) is 6.42 Å². The molecule has 1 aromatic carbocycles. The summed E-state index contributed by atoms with van der Waals surface area (Å²) in [7, 11) is 0. The van der Waals surface area contributed by atoms with E-state index in [9.17, 15) is 4.79 Å². The van der Waals surface area contributed by atoms with Crippen LogP contribution >= 0.6 is 0 Å². The van der Waals surface area contributed by atoms with Gasteiger partial charge in [-0.2, -0.15) is 0 Å². The largest absolute Gasteiger partial charge is 0.379 e. The van der Waals surface area contributed by atoms with Gasteiger partial charge in [0.05, 0.1) is 25.2 Å². The van der Waals surface area contributed by atoms with Crippen LogP contribution in [-0.2, 0) is 20.9 Å². The van der Waals surface area contributed by atoms with Crippen molar-refractivity contribution in [3.63, 3.8) is 0 Å². The summed E-state index contributed by atoms with van der Waals surface area (Å²) in [5, 5.41) is 6.68. The molecule has 0 bridgehead atoms. The van der Waals surface area contributed by atoms with Crippen LogP contribution in [-0.4, -0.2) is 38.8 Å². The summed E-state index contributed by atoms with van der Waals surface area (Å²) < 4.78 is 11.0. The Morgan fingerprint density at radius 1 is 1.31 bits per heavy atom. The number of fused-ring (bicyclic) bond motifs is 1. The van der Waals surface area contributed by atoms with E-state index in [2.05, 4.69) is 23.6 Å². The fourth-order valence-corrected chi connectivity index (χ4v) is 4.36. The van der Waals surface area contributed by atoms with Gasteiger partial charge in [-0.3, -0.25) is 4.79 Å². The fraction of sp³-hybridized carbons (Fsp3) is 0.667. The van der Waals surface area contributed by atoms with Crippen molar-refractivity contribution >= 4 is 11.6 Å². The molecular weight excluding hydrogens is 328 g/mol. The molecule has 5 nitrogen and oxygen atoms in total. The number of hydrogen-bond acceptors (Lipinski definition) is 4. The number of amides is 1. The first-order valence-corrected chi connectivity index (χ1v) is 9.93. The van der Waals surface area contributed by atoms with Crippen molar-refractivity contribution < 1.29 is 14.3 Å². The van der Waals surface area contributed by atoms with Crippen LogP contribution in [0.2, 0.25) is 0 Å². The summed E-state index contributed by atoms with van der Waals surface area (Å²) in [5.41, 5.74) is 2.88. The van der Waals surface area contributed by atoms with Crippen LogP contribution in [0.15, 0.2) is 18.2 Å². The molecule has 0 spiro atoms. The highest BCUT2D eigenvalue weighted by molar-refractivity contribution is 5.96. The summed E-state index contributed by atoms with van der Waals surface area (Å²) in [4.78, 5) is 13.2. The molecule has 2 fully saturated rings. The highest BCUT2D eigenvalue weighted by Crippen LogP contribution is 2.44. The SMILES string of the molecule is CCOCCOCc1cccc(NC(=O)[C@@]23CCCC[C@H]2CNC3)c1C. The highest BCUT2D eigenvalue weighted by Gasteiger charge is 2.49. The molecule has 5 heteroatoms. The fourth-order valence-electron chi connectivity index (χ4n) is 4.36. The van der Waals surface area contributed by atoms with E-state index in [1.54, 1.807) is 0 Å². The van der Waals surface area contributed by atoms with Gasteiger partial charge in [-0.15, -0.1) is 0 Å². The van der Waals surface area contributed by atoms with Gasteiger partial charge in [0.1, 0.15) is 0 Å². The molecule has 2 N–H and O–H groups in total. The zero-order valence-corrected chi connectivity index (χ0v) is 16.1. The van der Waals surface area contributed by atoms with E-state index < -0.39 is 0 Å². The van der Waals surface area contributed by atoms with E-state index in [0.717, 1.165) is 49.2 Å². The molecule has 1 heterocycles. The second-order valence-electron chi connectivity index (χ2n) is 7.52. The average molecular weight is 360 g/mol. The number of carbonyl (C=O) groups excluding carboxylic acids is 1. The molecule has 1 aromatic rings. The van der Waals surface area contributed by atoms with Gasteiger partial charge in [0, 0.05) is 18.8 Å². The molecule has 144 valence electrons. The number of benzene rings is 1. The van der Waals surface area contributed by atoms with E-state index in [0.29, 0.717) is 32.3 Å². The Labute approximate surface area is 156 Å². The second kappa shape index (κ2) is 8.98. The van der Waals surface area contributed by atoms with Crippen molar-refractivity contribution in [2.75, 3.05) is 38.2 Å². The zero-order chi connectivity index (χ0) is 18.4. The van der Waals surface area contributed by atoms with Crippen molar-refractivity contribution in [3.05, 3.63) is 29.3 Å². The van der Waals surface area contributed by atoms with Crippen LogP contribution in [0.3, 0.4) is 0 Å². The van der Waals surface area contributed by atoms with Crippen molar-refractivity contribution in [1.82, 2.24) is 5.32 Å². The van der Waals surface area contributed by atoms with E-state index >= 15 is 0 Å². The van der Waals surface area contributed by atoms with Crippen molar-refractivity contribution in [3.8, 4) is 0 Å². The number of hydrogen-bond donors (Lipinski definition) is 2. The Kier molecular flexibility index (Phi) is 6.68. The standard InChI is InChI=1S/C21H32N2O3/c1-3-25-11-12-26-14-17-7-6-9-19(16(17)2)23-20(24)21-10-5-4-8-18(21)13-22-15-21/h6-7,9,18,22H,3-5,8,10-15H2,1-2H3,(H,23,24)/t18-,21+/m0/s1. The molecule has 1 saturated carbocycles. The minimum Gasteiger partial charge on any atom is -0.379 e. The van der Waals surface area contributed by atoms with Crippen molar-refractivity contribution in [1.29, 1.82) is 0 Å². The van der Waals surface area contributed by atoms with Gasteiger partial charge in [0.25, 0.3) is 0 Å². The summed E-state index contributed by atoms with van der Waals surface area (Å²) in [6, 6.07) is 6.05. The molecule has 1 aliphatic heterocycles. The normalized spacial score (nSPS) is 25.1. The minimum absolute atomic E-state index is 0.185. The maximum absolute atomic E-state index is 13.2. The van der Waals surface area contributed by atoms with Gasteiger partial charge in [0.15, 0.2) is 0 Å². The number of rotatable bonds is 8. The van der Waals surface area contributed by atoms with Crippen LogP contribution in [0.1, 0.15) is 43.7 Å². The molecule has 2 aliphatic rings. The molecule has 1 saturated heterocycles. The summed E-state index contributed by atoms with van der Waals surface area (Å²) >= 11 is 0. The van der Waals surface area contributed by atoms with Gasteiger partial charge in [-0.1, -0.05) is 25.0 Å². The minimum atomic E-state index is -0.227. The number of anilines is 1. The van der Waals surface area contributed by atoms with Gasteiger partial charge in [-0.25, -0.2) is 0 Å². The third-order valence-corrected chi connectivity index (χ3v) is 6.02. The zero-order valence-electron chi connectivity index (χ0n) is 16.1. The second-order valence-corrected chi connectivity index (χ2v) is 7.52. The first kappa shape index (κ1) is 19.3. The van der Waals surface area contributed by atoms with Crippen LogP contribution in [0.25, 0.3) is 0 Å². The lowest BCUT2D eigenvalue weighted by Crippen LogP contribution is -2.44. The van der Waals surface area contributed by atoms with E-state index in [4.69, 9.17) is 9.47 Å². The van der Waals surface area contributed by atoms with Crippen molar-refractivity contribution in [2.24, 2.45) is 11.3 Å². The topological polar surface area (TPSA) is 59.6 Å². The number of nitrogens with one attached hydrogen (secondary N) is 2. The molecule has 2 atom stereocenters. The third-order valence-electron chi connectivity index (χ3n) is 6.02. The average Bonchev–Trinajstić information content (AvgIpc) is 3.09. The first-order valence-electron chi connectivity index (χ1n) is 9.93. The smallest absolute Gasteiger partial charge is 0.232 e. The maximum Gasteiger partial charge on any atom is 0.232 e. The predicted octanol–water partition coefficient (Wildman–Crippen LogP) is 3.27. The van der Waals surface area contributed by atoms with E-state index in [1.807, 2.05) is 19.1 Å². The van der Waals surface area contributed by atoms with Gasteiger partial charge < -0.3 is 20.1 Å². The van der Waals surface area contributed by atoms with Gasteiger partial charge in [0.2, 0.25) is 5.91 Å². The molecule has 0 aromatic heterocycles. The Hall–Kier alpha value is -1.43. The van der Waals surface area contributed by atoms with Crippen molar-refractivity contribution in [2.45, 2.75) is 46.1 Å². The van der Waals surface area contributed by atoms with Gasteiger partial charge in [-0.05, 0) is 56.3 Å². The molecule has 1 aliphatic carbocycles. The Bertz CT molecular complexity index is 619. The first-order chi connectivity index (χ1) is 12.7. The number of carbonyl (C=O) groups is 1. The van der Waals surface area contributed by atoms with Crippen LogP contribution in [0, 0.1) is 18.3 Å². The molecule has 26 heavy (non-hydrogen) atoms. The molecule has 3 rings (SSSR count). The lowest BCUT2D eigenvalue weighted by Gasteiger charge is -2.37. The quantitative estimate of drug-likeness (QED) is 0.699. The third kappa shape index (κ3) is 4.11. The Morgan fingerprint density at radius 2 is 2.15 bits per heavy atom. The lowest BCUT2D eigenvalue weighted by atomic mass is 9.67. The number of ether oxygens (including phenoxy) is 2. The molecule has 0 radical (unpaired) electrons. The molecule has 1 amide bonds. The highest BCUT2D eigenvalue weighted by atomic mass is 16.5. The summed E-state index contributed by atoms with van der Waals surface area (Å²) in [6.07, 6.45) is 4.55. The van der Waals surface area contributed by atoms with Crippen LogP contribution < -0.4 is 10.6 Å². The lowest BCUT2D eigenvalue weighted by molar-refractivity contribution is -0.128. The predicted molar refractivity (Wildman–Crippen MR) is 103 cm³/mol. The Balaban J connectivity index is 1.64. The van der Waals surface area contributed by atoms with Crippen LogP contribution in [0.4, 0.5) is 5.69 Å². The maximum atomic E-state index is 13.2.